The van der Waals surface area contributed by atoms with Gasteiger partial charge in [-0.3, -0.25) is 0 Å². The Morgan fingerprint density at radius 2 is 0.833 bits per heavy atom. The molecule has 0 aromatic heterocycles. The molecule has 54 heavy (non-hydrogen) atoms. The van der Waals surface area contributed by atoms with E-state index >= 15 is 0 Å². The molecule has 0 unspecified atom stereocenters. The van der Waals surface area contributed by atoms with E-state index in [4.69, 9.17) is 17.0 Å². The third kappa shape index (κ3) is 13.5. The molecule has 0 amide bonds. The van der Waals surface area contributed by atoms with Crippen LogP contribution in [0.2, 0.25) is 13.1 Å². The topological polar surface area (TPSA) is 0 Å². The average Bonchev–Trinajstić information content (AvgIpc) is 3.74. The molecule has 0 saturated heterocycles. The molecule has 0 nitrogen and oxygen atoms in total. The SMILES string of the molecule is CCCCc1cc2c(-c3cc(C)cc(C)c3)c(CCC)ccc2[cH-]1.CCCCc1cc2c(-c3cc(C)cc(C)c3)c(CCC)ccc2[cH-]1.C[Si]C.[Cl][Zr+2][Cl]. The molecular weight excluding hydrogens is 791 g/mol. The number of hydrogen-bond donors (Lipinski definition) is 0. The zero-order valence-corrected chi connectivity index (χ0v) is 39.9. The Hall–Kier alpha value is -2.22. The van der Waals surface area contributed by atoms with Crippen LogP contribution in [-0.2, 0) is 46.5 Å². The number of aryl methyl sites for hydroxylation is 8. The van der Waals surface area contributed by atoms with Gasteiger partial charge in [-0.2, -0.15) is 12.1 Å². The van der Waals surface area contributed by atoms with Gasteiger partial charge in [-0.1, -0.05) is 160 Å². The van der Waals surface area contributed by atoms with E-state index in [1.807, 2.05) is 0 Å². The maximum atomic E-state index is 4.93. The molecule has 0 aliphatic carbocycles. The third-order valence-corrected chi connectivity index (χ3v) is 9.77. The molecule has 0 heterocycles. The van der Waals surface area contributed by atoms with Gasteiger partial charge in [0.15, 0.2) is 0 Å². The Morgan fingerprint density at radius 1 is 0.500 bits per heavy atom. The van der Waals surface area contributed by atoms with Crippen LogP contribution >= 0.6 is 17.0 Å². The van der Waals surface area contributed by atoms with E-state index < -0.39 is 20.8 Å². The molecule has 4 heteroatoms. The average molecular weight is 855 g/mol. The van der Waals surface area contributed by atoms with Crippen molar-refractivity contribution in [3.63, 3.8) is 0 Å². The number of hydrogen-bond acceptors (Lipinski definition) is 0. The van der Waals surface area contributed by atoms with Crippen molar-refractivity contribution < 1.29 is 20.8 Å². The predicted molar refractivity (Wildman–Crippen MR) is 243 cm³/mol. The summed E-state index contributed by atoms with van der Waals surface area (Å²) >= 11 is -0.826. The Kier molecular flexibility index (Phi) is 20.9. The maximum absolute atomic E-state index is 4.93. The van der Waals surface area contributed by atoms with Crippen LogP contribution in [0.15, 0.2) is 84.9 Å². The molecule has 286 valence electrons. The summed E-state index contributed by atoms with van der Waals surface area (Å²) < 4.78 is 0. The van der Waals surface area contributed by atoms with Crippen LogP contribution < -0.4 is 0 Å². The van der Waals surface area contributed by atoms with E-state index in [0.717, 1.165) is 22.4 Å². The van der Waals surface area contributed by atoms with Crippen molar-refractivity contribution in [3.8, 4) is 22.3 Å². The molecule has 0 atom stereocenters. The Morgan fingerprint density at radius 3 is 1.13 bits per heavy atom. The Labute approximate surface area is 350 Å². The first-order valence-corrected chi connectivity index (χ1v) is 28.5. The quantitative estimate of drug-likeness (QED) is 0.0850. The van der Waals surface area contributed by atoms with E-state index in [9.17, 15) is 0 Å². The summed E-state index contributed by atoms with van der Waals surface area (Å²) in [6.07, 6.45) is 12.1. The first-order chi connectivity index (χ1) is 26.1. The number of benzene rings is 4. The second-order valence-electron chi connectivity index (χ2n) is 15.0. The summed E-state index contributed by atoms with van der Waals surface area (Å²) in [4.78, 5) is 0. The normalized spacial score (nSPS) is 10.6. The zero-order valence-electron chi connectivity index (χ0n) is 34.9. The number of unbranched alkanes of at least 4 members (excludes halogenated alkanes) is 2. The van der Waals surface area contributed by atoms with E-state index in [2.05, 4.69) is 153 Å². The van der Waals surface area contributed by atoms with E-state index in [-0.39, 0.29) is 0 Å². The fraction of sp³-hybridized carbons (Fsp3) is 0.400. The van der Waals surface area contributed by atoms with Crippen molar-refractivity contribution in [2.45, 2.75) is 133 Å². The van der Waals surface area contributed by atoms with Crippen LogP contribution in [0, 0.1) is 27.7 Å². The van der Waals surface area contributed by atoms with E-state index in [0.29, 0.717) is 0 Å². The molecular formula is C50H64Cl2SiZr. The van der Waals surface area contributed by atoms with Crippen LogP contribution in [0.1, 0.15) is 111 Å². The van der Waals surface area contributed by atoms with Gasteiger partial charge in [0.2, 0.25) is 0 Å². The van der Waals surface area contributed by atoms with Crippen molar-refractivity contribution in [1.82, 2.24) is 0 Å². The minimum absolute atomic E-state index is 0.826. The van der Waals surface area contributed by atoms with Crippen molar-refractivity contribution in [1.29, 1.82) is 0 Å². The van der Waals surface area contributed by atoms with Crippen molar-refractivity contribution in [2.24, 2.45) is 0 Å². The van der Waals surface area contributed by atoms with E-state index in [1.165, 1.54) is 140 Å². The summed E-state index contributed by atoms with van der Waals surface area (Å²) in [6.45, 7) is 22.2. The summed E-state index contributed by atoms with van der Waals surface area (Å²) in [7, 11) is 11.0. The van der Waals surface area contributed by atoms with Crippen molar-refractivity contribution in [2.75, 3.05) is 0 Å². The van der Waals surface area contributed by atoms with Gasteiger partial charge < -0.3 is 0 Å². The molecule has 0 bridgehead atoms. The van der Waals surface area contributed by atoms with Crippen LogP contribution in [0.5, 0.6) is 0 Å². The van der Waals surface area contributed by atoms with Gasteiger partial charge >= 0.3 is 37.9 Å². The van der Waals surface area contributed by atoms with Crippen LogP contribution in [0.25, 0.3) is 43.8 Å². The van der Waals surface area contributed by atoms with Gasteiger partial charge in [0, 0.05) is 9.52 Å². The molecule has 0 fully saturated rings. The zero-order chi connectivity index (χ0) is 39.6. The molecule has 0 saturated carbocycles. The molecule has 6 aromatic rings. The molecule has 0 N–H and O–H groups in total. The van der Waals surface area contributed by atoms with E-state index in [1.54, 1.807) is 0 Å². The summed E-state index contributed by atoms with van der Waals surface area (Å²) in [5, 5.41) is 5.68. The summed E-state index contributed by atoms with van der Waals surface area (Å²) in [6, 6.07) is 32.9. The van der Waals surface area contributed by atoms with Gasteiger partial charge in [-0.25, -0.2) is 0 Å². The minimum atomic E-state index is -0.826. The standard InChI is InChI=1S/2C24H29.C2H6Si.2ClH.Zr/c2*1-5-7-9-19-15-21-11-10-20(8-6-2)24(23(21)16-19)22-13-17(3)12-18(4)14-22;1-3-2;;;/h2*10-16H,5-9H2,1-4H3;1-2H3;2*1H;/q2*-1;;;;+4/p-2. The van der Waals surface area contributed by atoms with Crippen LogP contribution in [-0.4, -0.2) is 9.52 Å². The molecule has 6 aromatic carbocycles. The third-order valence-electron chi connectivity index (χ3n) is 9.77. The first-order valence-electron chi connectivity index (χ1n) is 20.2. The van der Waals surface area contributed by atoms with Crippen LogP contribution in [0.4, 0.5) is 0 Å². The summed E-state index contributed by atoms with van der Waals surface area (Å²) in [5.74, 6) is 0. The van der Waals surface area contributed by atoms with Gasteiger partial charge in [-0.15, -0.1) is 69.1 Å². The Bertz CT molecular complexity index is 1830. The molecule has 0 aliphatic rings. The van der Waals surface area contributed by atoms with Gasteiger partial charge in [0.25, 0.3) is 0 Å². The molecule has 0 spiro atoms. The van der Waals surface area contributed by atoms with Crippen molar-refractivity contribution in [3.05, 3.63) is 129 Å². The first kappa shape index (κ1) is 46.2. The predicted octanol–water partition coefficient (Wildman–Crippen LogP) is 16.4. The summed E-state index contributed by atoms with van der Waals surface area (Å²) in [5.41, 5.74) is 17.0. The fourth-order valence-electron chi connectivity index (χ4n) is 7.70. The fourth-order valence-corrected chi connectivity index (χ4v) is 7.70. The molecule has 0 aliphatic heterocycles. The number of rotatable bonds is 12. The van der Waals surface area contributed by atoms with Crippen molar-refractivity contribution >= 4 is 48.1 Å². The van der Waals surface area contributed by atoms with Gasteiger partial charge in [0.05, 0.1) is 0 Å². The molecule has 6 rings (SSSR count). The van der Waals surface area contributed by atoms with Gasteiger partial charge in [-0.05, 0) is 64.5 Å². The molecule has 2 radical (unpaired) electrons. The Balaban J connectivity index is 0.000000254. The second-order valence-corrected chi connectivity index (χ2v) is 19.7. The number of fused-ring (bicyclic) bond motifs is 2. The van der Waals surface area contributed by atoms with Crippen LogP contribution in [0.3, 0.4) is 0 Å². The second kappa shape index (κ2) is 24.4. The van der Waals surface area contributed by atoms with Gasteiger partial charge in [0.1, 0.15) is 0 Å². The number of halogens is 2. The monoisotopic (exact) mass is 852 g/mol.